The summed E-state index contributed by atoms with van der Waals surface area (Å²) in [6.45, 7) is 14.2. The Kier molecular flexibility index (Phi) is 4.64. The molecule has 0 aromatic carbocycles. The Bertz CT molecular complexity index is 178. The van der Waals surface area contributed by atoms with E-state index < -0.39 is 0 Å². The largest absolute Gasteiger partial charge is 0.316 e. The molecule has 15 heavy (non-hydrogen) atoms. The van der Waals surface area contributed by atoms with Crippen LogP contribution in [0.4, 0.5) is 0 Å². The predicted octanol–water partition coefficient (Wildman–Crippen LogP) is 3.69. The first-order valence-electron chi connectivity index (χ1n) is 6.62. The highest BCUT2D eigenvalue weighted by atomic mass is 14.9. The molecule has 0 heterocycles. The van der Waals surface area contributed by atoms with Gasteiger partial charge in [-0.1, -0.05) is 41.0 Å². The third-order valence-electron chi connectivity index (χ3n) is 3.73. The molecule has 1 nitrogen and oxygen atoms in total. The van der Waals surface area contributed by atoms with Crippen LogP contribution in [0.1, 0.15) is 53.9 Å². The van der Waals surface area contributed by atoms with E-state index in [1.807, 2.05) is 0 Å². The molecule has 0 radical (unpaired) electrons. The molecule has 0 bridgehead atoms. The van der Waals surface area contributed by atoms with E-state index in [2.05, 4.69) is 39.9 Å². The second-order valence-corrected chi connectivity index (χ2v) is 6.72. The highest BCUT2D eigenvalue weighted by Crippen LogP contribution is 2.42. The maximum absolute atomic E-state index is 3.63. The second kappa shape index (κ2) is 5.34. The SMILES string of the molecule is CC(C)CNCC1CCCC1C(C)(C)C. The third-order valence-corrected chi connectivity index (χ3v) is 3.73. The van der Waals surface area contributed by atoms with Crippen molar-refractivity contribution in [2.45, 2.75) is 53.9 Å². The van der Waals surface area contributed by atoms with Crippen molar-refractivity contribution in [1.82, 2.24) is 5.32 Å². The van der Waals surface area contributed by atoms with Crippen molar-refractivity contribution in [1.29, 1.82) is 0 Å². The molecule has 1 fully saturated rings. The summed E-state index contributed by atoms with van der Waals surface area (Å²) in [6, 6.07) is 0. The van der Waals surface area contributed by atoms with Gasteiger partial charge in [0.15, 0.2) is 0 Å². The molecule has 1 aliphatic rings. The molecule has 2 unspecified atom stereocenters. The lowest BCUT2D eigenvalue weighted by atomic mass is 9.75. The van der Waals surface area contributed by atoms with Crippen LogP contribution in [0.15, 0.2) is 0 Å². The van der Waals surface area contributed by atoms with E-state index in [-0.39, 0.29) is 0 Å². The van der Waals surface area contributed by atoms with Gasteiger partial charge in [-0.2, -0.15) is 0 Å². The van der Waals surface area contributed by atoms with Gasteiger partial charge in [-0.15, -0.1) is 0 Å². The zero-order valence-corrected chi connectivity index (χ0v) is 11.3. The summed E-state index contributed by atoms with van der Waals surface area (Å²) in [6.07, 6.45) is 4.32. The quantitative estimate of drug-likeness (QED) is 0.748. The third kappa shape index (κ3) is 4.14. The molecule has 90 valence electrons. The molecule has 0 aromatic rings. The van der Waals surface area contributed by atoms with Gasteiger partial charge < -0.3 is 5.32 Å². The lowest BCUT2D eigenvalue weighted by molar-refractivity contribution is 0.182. The molecular formula is C14H29N. The summed E-state index contributed by atoms with van der Waals surface area (Å²) in [4.78, 5) is 0. The molecule has 0 aromatic heterocycles. The van der Waals surface area contributed by atoms with E-state index >= 15 is 0 Å². The van der Waals surface area contributed by atoms with Crippen molar-refractivity contribution in [3.63, 3.8) is 0 Å². The average molecular weight is 211 g/mol. The van der Waals surface area contributed by atoms with Gasteiger partial charge in [-0.05, 0) is 49.1 Å². The van der Waals surface area contributed by atoms with Crippen molar-refractivity contribution < 1.29 is 0 Å². The van der Waals surface area contributed by atoms with Crippen molar-refractivity contribution in [2.24, 2.45) is 23.2 Å². The van der Waals surface area contributed by atoms with Crippen LogP contribution in [0.3, 0.4) is 0 Å². The van der Waals surface area contributed by atoms with Crippen molar-refractivity contribution >= 4 is 0 Å². The standard InChI is InChI=1S/C14H29N/c1-11(2)9-15-10-12-7-6-8-13(12)14(3,4)5/h11-13,15H,6-10H2,1-5H3. The topological polar surface area (TPSA) is 12.0 Å². The first kappa shape index (κ1) is 13.0. The van der Waals surface area contributed by atoms with Crippen LogP contribution in [-0.4, -0.2) is 13.1 Å². The molecule has 0 spiro atoms. The maximum atomic E-state index is 3.63. The van der Waals surface area contributed by atoms with E-state index in [1.54, 1.807) is 0 Å². The number of hydrogen-bond acceptors (Lipinski definition) is 1. The van der Waals surface area contributed by atoms with Crippen LogP contribution in [0, 0.1) is 23.2 Å². The second-order valence-electron chi connectivity index (χ2n) is 6.72. The summed E-state index contributed by atoms with van der Waals surface area (Å²) < 4.78 is 0. The summed E-state index contributed by atoms with van der Waals surface area (Å²) in [5, 5.41) is 3.63. The zero-order valence-electron chi connectivity index (χ0n) is 11.3. The minimum absolute atomic E-state index is 0.501. The van der Waals surface area contributed by atoms with Crippen LogP contribution in [0.2, 0.25) is 0 Å². The first-order chi connectivity index (χ1) is 6.91. The van der Waals surface area contributed by atoms with Gasteiger partial charge in [-0.3, -0.25) is 0 Å². The normalized spacial score (nSPS) is 27.6. The minimum atomic E-state index is 0.501. The fraction of sp³-hybridized carbons (Fsp3) is 1.00. The zero-order chi connectivity index (χ0) is 11.5. The monoisotopic (exact) mass is 211 g/mol. The fourth-order valence-corrected chi connectivity index (χ4v) is 2.98. The maximum Gasteiger partial charge on any atom is -0.00176 e. The number of rotatable bonds is 4. The van der Waals surface area contributed by atoms with E-state index in [1.165, 1.54) is 32.4 Å². The number of nitrogens with one attached hydrogen (secondary N) is 1. The van der Waals surface area contributed by atoms with Gasteiger partial charge in [-0.25, -0.2) is 0 Å². The van der Waals surface area contributed by atoms with Crippen LogP contribution < -0.4 is 5.32 Å². The molecule has 0 saturated heterocycles. The Hall–Kier alpha value is -0.0400. The Morgan fingerprint density at radius 2 is 1.87 bits per heavy atom. The van der Waals surface area contributed by atoms with Crippen molar-refractivity contribution in [2.75, 3.05) is 13.1 Å². The van der Waals surface area contributed by atoms with Gasteiger partial charge in [0, 0.05) is 0 Å². The molecular weight excluding hydrogens is 182 g/mol. The molecule has 2 atom stereocenters. The highest BCUT2D eigenvalue weighted by molar-refractivity contribution is 4.86. The molecule has 1 heteroatoms. The van der Waals surface area contributed by atoms with Crippen LogP contribution in [0.5, 0.6) is 0 Å². The van der Waals surface area contributed by atoms with E-state index in [0.717, 1.165) is 17.8 Å². The van der Waals surface area contributed by atoms with Crippen LogP contribution in [-0.2, 0) is 0 Å². The van der Waals surface area contributed by atoms with E-state index in [4.69, 9.17) is 0 Å². The smallest absolute Gasteiger partial charge is 0.00176 e. The van der Waals surface area contributed by atoms with Gasteiger partial charge in [0.2, 0.25) is 0 Å². The average Bonchev–Trinajstić information content (AvgIpc) is 2.50. The van der Waals surface area contributed by atoms with Gasteiger partial charge in [0.25, 0.3) is 0 Å². The first-order valence-corrected chi connectivity index (χ1v) is 6.62. The van der Waals surface area contributed by atoms with Crippen molar-refractivity contribution in [3.8, 4) is 0 Å². The Morgan fingerprint density at radius 3 is 2.40 bits per heavy atom. The van der Waals surface area contributed by atoms with Gasteiger partial charge in [0.1, 0.15) is 0 Å². The lowest BCUT2D eigenvalue weighted by Gasteiger charge is -2.32. The Labute approximate surface area is 96.0 Å². The van der Waals surface area contributed by atoms with Gasteiger partial charge >= 0.3 is 0 Å². The highest BCUT2D eigenvalue weighted by Gasteiger charge is 2.35. The van der Waals surface area contributed by atoms with Crippen LogP contribution >= 0.6 is 0 Å². The summed E-state index contributed by atoms with van der Waals surface area (Å²) >= 11 is 0. The Morgan fingerprint density at radius 1 is 1.20 bits per heavy atom. The fourth-order valence-electron chi connectivity index (χ4n) is 2.98. The summed E-state index contributed by atoms with van der Waals surface area (Å²) in [5.74, 6) is 2.63. The predicted molar refractivity (Wildman–Crippen MR) is 68.0 cm³/mol. The van der Waals surface area contributed by atoms with E-state index in [9.17, 15) is 0 Å². The Balaban J connectivity index is 2.34. The molecule has 1 saturated carbocycles. The van der Waals surface area contributed by atoms with Gasteiger partial charge in [0.05, 0.1) is 0 Å². The van der Waals surface area contributed by atoms with Crippen molar-refractivity contribution in [3.05, 3.63) is 0 Å². The molecule has 0 aliphatic heterocycles. The molecule has 1 N–H and O–H groups in total. The number of hydrogen-bond donors (Lipinski definition) is 1. The van der Waals surface area contributed by atoms with E-state index in [0.29, 0.717) is 5.41 Å². The summed E-state index contributed by atoms with van der Waals surface area (Å²) in [5.41, 5.74) is 0.501. The minimum Gasteiger partial charge on any atom is -0.316 e. The molecule has 0 amide bonds. The lowest BCUT2D eigenvalue weighted by Crippen LogP contribution is -2.33. The molecule has 1 aliphatic carbocycles. The molecule has 1 rings (SSSR count). The van der Waals surface area contributed by atoms with Crippen LogP contribution in [0.25, 0.3) is 0 Å². The summed E-state index contributed by atoms with van der Waals surface area (Å²) in [7, 11) is 0.